The highest BCUT2D eigenvalue weighted by Gasteiger charge is 2.22. The Bertz CT molecular complexity index is 2190. The summed E-state index contributed by atoms with van der Waals surface area (Å²) in [5, 5.41) is 22.0. The summed E-state index contributed by atoms with van der Waals surface area (Å²) in [5.74, 6) is -0.162. The largest absolute Gasteiger partial charge is 0.491 e. The van der Waals surface area contributed by atoms with Crippen molar-refractivity contribution in [3.05, 3.63) is 133 Å². The van der Waals surface area contributed by atoms with E-state index in [2.05, 4.69) is 16.0 Å². The Morgan fingerprint density at radius 2 is 1.68 bits per heavy atom. The molecule has 13 heteroatoms. The highest BCUT2D eigenvalue weighted by atomic mass is 35.5. The zero-order valence-corrected chi connectivity index (χ0v) is 31.4. The van der Waals surface area contributed by atoms with Crippen molar-refractivity contribution < 1.29 is 23.8 Å². The van der Waals surface area contributed by atoms with Crippen molar-refractivity contribution in [2.24, 2.45) is 0 Å². The topological polar surface area (TPSA) is 140 Å². The van der Waals surface area contributed by atoms with Gasteiger partial charge in [-0.2, -0.15) is 5.10 Å². The molecule has 53 heavy (non-hydrogen) atoms. The van der Waals surface area contributed by atoms with Crippen LogP contribution in [0, 0.1) is 26.6 Å². The lowest BCUT2D eigenvalue weighted by molar-refractivity contribution is 0.0944. The van der Waals surface area contributed by atoms with E-state index in [1.807, 2.05) is 65.0 Å². The number of aromatic nitrogens is 3. The first-order chi connectivity index (χ1) is 25.2. The van der Waals surface area contributed by atoms with Crippen LogP contribution in [-0.4, -0.2) is 51.2 Å². The highest BCUT2D eigenvalue weighted by Crippen LogP contribution is 2.28. The van der Waals surface area contributed by atoms with E-state index in [1.54, 1.807) is 41.9 Å². The number of nitrogens with zero attached hydrogens (tertiary/aromatic N) is 3. The second-order valence-electron chi connectivity index (χ2n) is 13.8. The van der Waals surface area contributed by atoms with Crippen LogP contribution in [0.4, 0.5) is 15.0 Å². The molecule has 0 bridgehead atoms. The summed E-state index contributed by atoms with van der Waals surface area (Å²) < 4.78 is 23.5. The van der Waals surface area contributed by atoms with Gasteiger partial charge in [0.25, 0.3) is 11.5 Å². The minimum absolute atomic E-state index is 0.0378. The van der Waals surface area contributed by atoms with Gasteiger partial charge in [0.1, 0.15) is 22.4 Å². The first kappa shape index (κ1) is 38.8. The summed E-state index contributed by atoms with van der Waals surface area (Å²) in [5.41, 5.74) is 5.30. The summed E-state index contributed by atoms with van der Waals surface area (Å²) in [6.07, 6.45) is 0.330. The Morgan fingerprint density at radius 3 is 2.38 bits per heavy atom. The van der Waals surface area contributed by atoms with Crippen molar-refractivity contribution in [3.63, 3.8) is 0 Å². The maximum atomic E-state index is 14.4. The number of rotatable bonds is 12. The van der Waals surface area contributed by atoms with Crippen LogP contribution < -0.4 is 26.2 Å². The molecule has 3 amide bonds. The molecule has 0 aliphatic carbocycles. The fourth-order valence-electron chi connectivity index (χ4n) is 5.68. The Balaban J connectivity index is 1.27. The minimum atomic E-state index is -0.520. The van der Waals surface area contributed by atoms with E-state index in [-0.39, 0.29) is 48.4 Å². The van der Waals surface area contributed by atoms with E-state index < -0.39 is 17.4 Å². The van der Waals surface area contributed by atoms with E-state index in [9.17, 15) is 18.8 Å². The molecular weight excluding hydrogens is 699 g/mol. The maximum absolute atomic E-state index is 14.4. The van der Waals surface area contributed by atoms with Gasteiger partial charge in [0.2, 0.25) is 0 Å². The van der Waals surface area contributed by atoms with E-state index in [0.29, 0.717) is 34.7 Å². The molecule has 11 nitrogen and oxygen atoms in total. The number of carbonyl (C=O) groups excluding carboxylic acids is 2. The molecule has 0 atom stereocenters. The zero-order valence-electron chi connectivity index (χ0n) is 30.6. The molecule has 0 radical (unpaired) electrons. The molecule has 0 spiro atoms. The van der Waals surface area contributed by atoms with Crippen LogP contribution in [0.15, 0.2) is 77.6 Å². The number of aliphatic hydroxyl groups is 1. The number of ether oxygens (including phenoxy) is 1. The van der Waals surface area contributed by atoms with Crippen LogP contribution in [-0.2, 0) is 18.4 Å². The van der Waals surface area contributed by atoms with Crippen molar-refractivity contribution in [3.8, 4) is 17.1 Å². The van der Waals surface area contributed by atoms with Gasteiger partial charge in [-0.05, 0) is 73.9 Å². The molecule has 0 fully saturated rings. The van der Waals surface area contributed by atoms with Gasteiger partial charge >= 0.3 is 6.03 Å². The van der Waals surface area contributed by atoms with Crippen LogP contribution >= 0.6 is 11.6 Å². The third-order valence-electron chi connectivity index (χ3n) is 8.64. The number of nitrogens with one attached hydrogen (secondary N) is 3. The van der Waals surface area contributed by atoms with Crippen molar-refractivity contribution in [1.82, 2.24) is 25.0 Å². The van der Waals surface area contributed by atoms with Crippen molar-refractivity contribution in [2.75, 3.05) is 25.1 Å². The van der Waals surface area contributed by atoms with Crippen molar-refractivity contribution >= 4 is 29.4 Å². The second-order valence-corrected chi connectivity index (χ2v) is 14.2. The molecule has 4 N–H and O–H groups in total. The van der Waals surface area contributed by atoms with Crippen LogP contribution in [0.3, 0.4) is 0 Å². The maximum Gasteiger partial charge on any atom is 0.320 e. The lowest BCUT2D eigenvalue weighted by Gasteiger charge is -2.17. The summed E-state index contributed by atoms with van der Waals surface area (Å²) >= 11 is 6.54. The van der Waals surface area contributed by atoms with Crippen molar-refractivity contribution in [2.45, 2.75) is 59.9 Å². The minimum Gasteiger partial charge on any atom is -0.491 e. The molecule has 5 rings (SSSR count). The lowest BCUT2D eigenvalue weighted by Crippen LogP contribution is -2.29. The highest BCUT2D eigenvalue weighted by molar-refractivity contribution is 6.31. The summed E-state index contributed by atoms with van der Waals surface area (Å²) in [6, 6.07) is 20.1. The number of aryl methyl sites for hydroxylation is 3. The number of hydrogen-bond donors (Lipinski definition) is 4. The number of amides is 3. The SMILES string of the molecule is Cc1ccc(-n2nc(C(C)(C)C)cc2NC(=O)NCc2cc(F)ccc2CCOc2cc(C)n(-c3cc(C(=O)NCCO)ccc3C)c(=O)c2Cl)cc1. The third kappa shape index (κ3) is 9.32. The number of pyridine rings is 1. The Kier molecular flexibility index (Phi) is 12.0. The molecule has 0 aliphatic heterocycles. The van der Waals surface area contributed by atoms with Gasteiger partial charge in [-0.1, -0.05) is 62.2 Å². The zero-order chi connectivity index (χ0) is 38.4. The van der Waals surface area contributed by atoms with Crippen LogP contribution in [0.2, 0.25) is 5.02 Å². The first-order valence-corrected chi connectivity index (χ1v) is 17.6. The molecule has 3 aromatic carbocycles. The summed E-state index contributed by atoms with van der Waals surface area (Å²) in [7, 11) is 0. The van der Waals surface area contributed by atoms with E-state index in [4.69, 9.17) is 26.5 Å². The Morgan fingerprint density at radius 1 is 0.943 bits per heavy atom. The number of anilines is 1. The molecule has 278 valence electrons. The molecule has 5 aromatic rings. The van der Waals surface area contributed by atoms with E-state index in [0.717, 1.165) is 28.1 Å². The Labute approximate surface area is 312 Å². The molecule has 2 heterocycles. The van der Waals surface area contributed by atoms with E-state index >= 15 is 0 Å². The molecule has 0 unspecified atom stereocenters. The number of benzene rings is 3. The fourth-order valence-corrected chi connectivity index (χ4v) is 5.87. The lowest BCUT2D eigenvalue weighted by atomic mass is 9.92. The van der Waals surface area contributed by atoms with Gasteiger partial charge in [-0.25, -0.2) is 13.9 Å². The van der Waals surface area contributed by atoms with E-state index in [1.165, 1.54) is 16.7 Å². The number of carbonyl (C=O) groups is 2. The molecule has 2 aromatic heterocycles. The third-order valence-corrected chi connectivity index (χ3v) is 8.99. The number of aliphatic hydroxyl groups excluding tert-OH is 1. The fraction of sp³-hybridized carbons (Fsp3) is 0.300. The second kappa shape index (κ2) is 16.5. The van der Waals surface area contributed by atoms with Crippen molar-refractivity contribution in [1.29, 1.82) is 0 Å². The molecular formula is C40H44ClFN6O5. The predicted octanol–water partition coefficient (Wildman–Crippen LogP) is 6.70. The van der Waals surface area contributed by atoms with Gasteiger partial charge in [0.05, 0.1) is 30.3 Å². The average molecular weight is 743 g/mol. The summed E-state index contributed by atoms with van der Waals surface area (Å²) in [4.78, 5) is 39.2. The number of halogens is 2. The van der Waals surface area contributed by atoms with Crippen LogP contribution in [0.1, 0.15) is 64.8 Å². The van der Waals surface area contributed by atoms with Gasteiger partial charge < -0.3 is 20.5 Å². The standard InChI is InChI=1S/C40H44ClFN6O5/c1-24-7-13-31(14-8-24)48-35(22-34(46-48)40(4,5)6)45-39(52)44-23-29-20-30(42)12-11-27(29)15-18-53-33-19-26(3)47(38(51)36(33)41)32-21-28(10-9-25(32)2)37(50)43-16-17-49/h7-14,19-22,49H,15-18,23H2,1-6H3,(H,43,50)(H2,44,45,52). The van der Waals surface area contributed by atoms with Gasteiger partial charge in [0.15, 0.2) is 0 Å². The number of hydrogen-bond acceptors (Lipinski definition) is 6. The van der Waals surface area contributed by atoms with Crippen LogP contribution in [0.25, 0.3) is 11.4 Å². The predicted molar refractivity (Wildman–Crippen MR) is 204 cm³/mol. The van der Waals surface area contributed by atoms with Gasteiger partial charge in [-0.15, -0.1) is 0 Å². The first-order valence-electron chi connectivity index (χ1n) is 17.2. The molecule has 0 saturated heterocycles. The number of urea groups is 1. The van der Waals surface area contributed by atoms with Gasteiger partial charge in [-0.3, -0.25) is 19.5 Å². The van der Waals surface area contributed by atoms with Gasteiger partial charge in [0, 0.05) is 48.3 Å². The summed E-state index contributed by atoms with van der Waals surface area (Å²) in [6.45, 7) is 11.7. The van der Waals surface area contributed by atoms with Crippen LogP contribution in [0.5, 0.6) is 5.75 Å². The molecule has 0 saturated carbocycles. The smallest absolute Gasteiger partial charge is 0.320 e. The Hall–Kier alpha value is -5.46. The monoisotopic (exact) mass is 742 g/mol. The normalized spacial score (nSPS) is 11.3. The average Bonchev–Trinajstić information content (AvgIpc) is 3.54. The quantitative estimate of drug-likeness (QED) is 0.112. The molecule has 0 aliphatic rings.